The number of aromatic hydroxyl groups is 1. The number of amides is 1. The van der Waals surface area contributed by atoms with Crippen LogP contribution >= 0.6 is 34.8 Å². The van der Waals surface area contributed by atoms with Crippen molar-refractivity contribution < 1.29 is 19.4 Å². The number of rotatable bonds is 4. The molecule has 0 aliphatic rings. The molecule has 0 spiro atoms. The van der Waals surface area contributed by atoms with E-state index in [1.54, 1.807) is 0 Å². The molecule has 1 amide bonds. The fraction of sp³-hybridized carbons (Fsp3) is 0.0667. The summed E-state index contributed by atoms with van der Waals surface area (Å²) in [4.78, 5) is 23.6. The lowest BCUT2D eigenvalue weighted by molar-refractivity contribution is -0.119. The fourth-order valence-electron chi connectivity index (χ4n) is 1.68. The molecule has 0 unspecified atom stereocenters. The molecule has 23 heavy (non-hydrogen) atoms. The van der Waals surface area contributed by atoms with Gasteiger partial charge in [-0.15, -0.1) is 0 Å². The number of benzene rings is 2. The Bertz CT molecular complexity index is 741. The van der Waals surface area contributed by atoms with E-state index in [0.717, 1.165) is 0 Å². The van der Waals surface area contributed by atoms with Gasteiger partial charge in [-0.05, 0) is 30.3 Å². The van der Waals surface area contributed by atoms with Crippen molar-refractivity contribution in [1.82, 2.24) is 0 Å². The second-order valence-corrected chi connectivity index (χ2v) is 5.67. The number of carbonyl (C=O) groups excluding carboxylic acids is 2. The third-order valence-corrected chi connectivity index (χ3v) is 3.50. The van der Waals surface area contributed by atoms with Gasteiger partial charge >= 0.3 is 5.97 Å². The molecule has 2 rings (SSSR count). The van der Waals surface area contributed by atoms with Gasteiger partial charge in [-0.25, -0.2) is 4.79 Å². The number of hydrogen-bond acceptors (Lipinski definition) is 4. The minimum atomic E-state index is -0.746. The first-order chi connectivity index (χ1) is 10.9. The number of carbonyl (C=O) groups is 2. The van der Waals surface area contributed by atoms with E-state index >= 15 is 0 Å². The van der Waals surface area contributed by atoms with E-state index in [-0.39, 0.29) is 27.0 Å². The monoisotopic (exact) mass is 373 g/mol. The van der Waals surface area contributed by atoms with Crippen molar-refractivity contribution in [3.63, 3.8) is 0 Å². The first-order valence-corrected chi connectivity index (χ1v) is 7.41. The van der Waals surface area contributed by atoms with Crippen molar-refractivity contribution in [3.8, 4) is 5.75 Å². The van der Waals surface area contributed by atoms with Gasteiger partial charge in [-0.3, -0.25) is 4.79 Å². The number of nitrogens with one attached hydrogen (secondary N) is 1. The summed E-state index contributed by atoms with van der Waals surface area (Å²) in [5.41, 5.74) is 0.302. The smallest absolute Gasteiger partial charge is 0.338 e. The molecule has 0 aliphatic heterocycles. The van der Waals surface area contributed by atoms with Crippen LogP contribution in [0.2, 0.25) is 15.1 Å². The van der Waals surface area contributed by atoms with Gasteiger partial charge in [0, 0.05) is 5.02 Å². The molecule has 0 saturated carbocycles. The van der Waals surface area contributed by atoms with Crippen molar-refractivity contribution in [2.75, 3.05) is 11.9 Å². The number of phenols is 1. The second kappa shape index (κ2) is 7.55. The quantitative estimate of drug-likeness (QED) is 0.788. The first-order valence-electron chi connectivity index (χ1n) is 6.27. The van der Waals surface area contributed by atoms with Crippen molar-refractivity contribution in [2.24, 2.45) is 0 Å². The van der Waals surface area contributed by atoms with Crippen molar-refractivity contribution in [2.45, 2.75) is 0 Å². The average Bonchev–Trinajstić information content (AvgIpc) is 2.48. The molecule has 5 nitrogen and oxygen atoms in total. The summed E-state index contributed by atoms with van der Waals surface area (Å²) >= 11 is 17.6. The Kier molecular flexibility index (Phi) is 5.71. The molecule has 0 atom stereocenters. The Labute approximate surface area is 146 Å². The number of halogens is 3. The molecule has 0 fully saturated rings. The van der Waals surface area contributed by atoms with Crippen LogP contribution in [0.5, 0.6) is 5.75 Å². The third kappa shape index (κ3) is 4.76. The van der Waals surface area contributed by atoms with Gasteiger partial charge in [0.05, 0.1) is 21.3 Å². The van der Waals surface area contributed by atoms with Crippen molar-refractivity contribution >= 4 is 52.4 Å². The molecule has 2 aromatic rings. The highest BCUT2D eigenvalue weighted by molar-refractivity contribution is 6.42. The topological polar surface area (TPSA) is 75.6 Å². The van der Waals surface area contributed by atoms with Crippen LogP contribution in [0.4, 0.5) is 5.69 Å². The molecule has 0 bridgehead atoms. The molecular weight excluding hydrogens is 365 g/mol. The Morgan fingerprint density at radius 3 is 2.35 bits per heavy atom. The molecular formula is C15H10Cl3NO4. The molecule has 0 saturated heterocycles. The molecule has 0 radical (unpaired) electrons. The van der Waals surface area contributed by atoms with Crippen LogP contribution in [-0.2, 0) is 9.53 Å². The SMILES string of the molecule is O=C(COC(=O)c1cccc(O)c1)Nc1c(Cl)cc(Cl)cc1Cl. The summed E-state index contributed by atoms with van der Waals surface area (Å²) in [5.74, 6) is -1.45. The summed E-state index contributed by atoms with van der Waals surface area (Å²) in [5, 5.41) is 12.4. The predicted molar refractivity (Wildman–Crippen MR) is 88.5 cm³/mol. The summed E-state index contributed by atoms with van der Waals surface area (Å²) in [6.45, 7) is -0.538. The maximum atomic E-state index is 11.8. The maximum Gasteiger partial charge on any atom is 0.338 e. The van der Waals surface area contributed by atoms with Crippen LogP contribution in [0, 0.1) is 0 Å². The highest BCUT2D eigenvalue weighted by Crippen LogP contribution is 2.33. The number of hydrogen-bond donors (Lipinski definition) is 2. The van der Waals surface area contributed by atoms with Gasteiger partial charge < -0.3 is 15.2 Å². The number of ether oxygens (including phenoxy) is 1. The molecule has 2 aromatic carbocycles. The second-order valence-electron chi connectivity index (χ2n) is 4.42. The lowest BCUT2D eigenvalue weighted by atomic mass is 10.2. The van der Waals surface area contributed by atoms with E-state index in [2.05, 4.69) is 5.32 Å². The molecule has 8 heteroatoms. The molecule has 120 valence electrons. The van der Waals surface area contributed by atoms with Crippen molar-refractivity contribution in [3.05, 3.63) is 57.0 Å². The summed E-state index contributed by atoms with van der Waals surface area (Å²) in [6.07, 6.45) is 0. The van der Waals surface area contributed by atoms with E-state index in [1.807, 2.05) is 0 Å². The van der Waals surface area contributed by atoms with Crippen molar-refractivity contribution in [1.29, 1.82) is 0 Å². The Hall–Kier alpha value is -1.95. The van der Waals surface area contributed by atoms with Crippen LogP contribution < -0.4 is 5.32 Å². The van der Waals surface area contributed by atoms with Crippen LogP contribution in [0.1, 0.15) is 10.4 Å². The van der Waals surface area contributed by atoms with Gasteiger partial charge in [0.25, 0.3) is 5.91 Å². The number of esters is 1. The Morgan fingerprint density at radius 2 is 1.74 bits per heavy atom. The van der Waals surface area contributed by atoms with E-state index < -0.39 is 18.5 Å². The van der Waals surface area contributed by atoms with E-state index in [1.165, 1.54) is 36.4 Å². The largest absolute Gasteiger partial charge is 0.508 e. The summed E-state index contributed by atoms with van der Waals surface area (Å²) in [7, 11) is 0. The van der Waals surface area contributed by atoms with E-state index in [9.17, 15) is 14.7 Å². The zero-order chi connectivity index (χ0) is 17.0. The van der Waals surface area contributed by atoms with Gasteiger partial charge in [-0.1, -0.05) is 40.9 Å². The standard InChI is InChI=1S/C15H10Cl3NO4/c16-9-5-11(17)14(12(18)6-9)19-13(21)7-23-15(22)8-2-1-3-10(20)4-8/h1-6,20H,7H2,(H,19,21). The van der Waals surface area contributed by atoms with Gasteiger partial charge in [-0.2, -0.15) is 0 Å². The average molecular weight is 375 g/mol. The zero-order valence-corrected chi connectivity index (χ0v) is 13.7. The maximum absolute atomic E-state index is 11.8. The fourth-order valence-corrected chi connectivity index (χ4v) is 2.60. The van der Waals surface area contributed by atoms with Gasteiger partial charge in [0.2, 0.25) is 0 Å². The number of phenolic OH excluding ortho intramolecular Hbond substituents is 1. The molecule has 2 N–H and O–H groups in total. The van der Waals surface area contributed by atoms with E-state index in [0.29, 0.717) is 5.02 Å². The minimum Gasteiger partial charge on any atom is -0.508 e. The molecule has 0 aromatic heterocycles. The Morgan fingerprint density at radius 1 is 1.09 bits per heavy atom. The highest BCUT2D eigenvalue weighted by atomic mass is 35.5. The lowest BCUT2D eigenvalue weighted by Gasteiger charge is -2.10. The molecule has 0 heterocycles. The highest BCUT2D eigenvalue weighted by Gasteiger charge is 2.14. The minimum absolute atomic E-state index is 0.0800. The summed E-state index contributed by atoms with van der Waals surface area (Å²) in [6, 6.07) is 8.42. The van der Waals surface area contributed by atoms with Gasteiger partial charge in [0.1, 0.15) is 5.75 Å². The van der Waals surface area contributed by atoms with E-state index in [4.69, 9.17) is 39.5 Å². The third-order valence-electron chi connectivity index (χ3n) is 2.69. The lowest BCUT2D eigenvalue weighted by Crippen LogP contribution is -2.21. The van der Waals surface area contributed by atoms with Crippen LogP contribution in [0.25, 0.3) is 0 Å². The van der Waals surface area contributed by atoms with Gasteiger partial charge in [0.15, 0.2) is 6.61 Å². The predicted octanol–water partition coefficient (Wildman–Crippen LogP) is 4.15. The van der Waals surface area contributed by atoms with Crippen LogP contribution in [0.3, 0.4) is 0 Å². The zero-order valence-electron chi connectivity index (χ0n) is 11.5. The summed E-state index contributed by atoms with van der Waals surface area (Å²) < 4.78 is 4.85. The number of anilines is 1. The van der Waals surface area contributed by atoms with Crippen LogP contribution in [0.15, 0.2) is 36.4 Å². The Balaban J connectivity index is 1.97. The van der Waals surface area contributed by atoms with Crippen LogP contribution in [-0.4, -0.2) is 23.6 Å². The molecule has 0 aliphatic carbocycles. The normalized spacial score (nSPS) is 10.2. The first kappa shape index (κ1) is 17.4.